The fourth-order valence-corrected chi connectivity index (χ4v) is 4.83. The molecule has 0 aliphatic heterocycles. The number of aryl methyl sites for hydroxylation is 1. The van der Waals surface area contributed by atoms with Crippen LogP contribution in [0.15, 0.2) is 77.7 Å². The Bertz CT molecular complexity index is 1160. The first kappa shape index (κ1) is 25.2. The zero-order valence-electron chi connectivity index (χ0n) is 18.1. The van der Waals surface area contributed by atoms with Gasteiger partial charge in [0.25, 0.3) is 0 Å². The Hall–Kier alpha value is -2.38. The van der Waals surface area contributed by atoms with Crippen molar-refractivity contribution >= 4 is 39.2 Å². The number of esters is 1. The Morgan fingerprint density at radius 2 is 1.39 bits per heavy atom. The summed E-state index contributed by atoms with van der Waals surface area (Å²) in [5.41, 5.74) is 2.59. The van der Waals surface area contributed by atoms with Gasteiger partial charge in [-0.2, -0.15) is 4.72 Å². The summed E-state index contributed by atoms with van der Waals surface area (Å²) in [6, 6.07) is 20.1. The van der Waals surface area contributed by atoms with Crippen LogP contribution in [0, 0.1) is 0 Å². The van der Waals surface area contributed by atoms with Gasteiger partial charge >= 0.3 is 5.97 Å². The molecule has 0 bridgehead atoms. The van der Waals surface area contributed by atoms with Gasteiger partial charge in [0.15, 0.2) is 0 Å². The highest BCUT2D eigenvalue weighted by Gasteiger charge is 2.23. The standard InChI is InChI=1S/C25H25Cl2NO4S/c1-2-32-24(29)5-3-4-18-6-8-19(9-7-18)25(20-10-12-21(26)13-11-20)28-33(30,31)23-16-14-22(27)15-17-23/h6-17,25,28H,2-5H2,1H3. The van der Waals surface area contributed by atoms with E-state index in [0.717, 1.165) is 23.1 Å². The van der Waals surface area contributed by atoms with Gasteiger partial charge in [-0.15, -0.1) is 0 Å². The third-order valence-corrected chi connectivity index (χ3v) is 7.01. The Balaban J connectivity index is 1.82. The van der Waals surface area contributed by atoms with Crippen LogP contribution in [0.25, 0.3) is 0 Å². The lowest BCUT2D eigenvalue weighted by atomic mass is 9.97. The van der Waals surface area contributed by atoms with Crippen molar-refractivity contribution in [2.45, 2.75) is 37.1 Å². The molecule has 5 nitrogen and oxygen atoms in total. The maximum Gasteiger partial charge on any atom is 0.305 e. The Kier molecular flexibility index (Phi) is 8.92. The van der Waals surface area contributed by atoms with Crippen molar-refractivity contribution in [1.82, 2.24) is 4.72 Å². The number of nitrogens with one attached hydrogen (secondary N) is 1. The van der Waals surface area contributed by atoms with E-state index in [1.165, 1.54) is 12.1 Å². The zero-order valence-corrected chi connectivity index (χ0v) is 20.5. The van der Waals surface area contributed by atoms with E-state index in [9.17, 15) is 13.2 Å². The molecular weight excluding hydrogens is 481 g/mol. The lowest BCUT2D eigenvalue weighted by Gasteiger charge is -2.20. The van der Waals surface area contributed by atoms with Gasteiger partial charge < -0.3 is 4.74 Å². The van der Waals surface area contributed by atoms with Crippen molar-refractivity contribution in [2.75, 3.05) is 6.61 Å². The molecule has 0 saturated heterocycles. The minimum atomic E-state index is -3.82. The summed E-state index contributed by atoms with van der Waals surface area (Å²) in [5, 5.41) is 1.02. The lowest BCUT2D eigenvalue weighted by Crippen LogP contribution is -2.29. The van der Waals surface area contributed by atoms with E-state index in [0.29, 0.717) is 29.5 Å². The smallest absolute Gasteiger partial charge is 0.305 e. The number of carbonyl (C=O) groups is 1. The van der Waals surface area contributed by atoms with E-state index >= 15 is 0 Å². The summed E-state index contributed by atoms with van der Waals surface area (Å²) in [4.78, 5) is 11.6. The first-order valence-electron chi connectivity index (χ1n) is 10.6. The van der Waals surface area contributed by atoms with Crippen LogP contribution in [0.2, 0.25) is 10.0 Å². The highest BCUT2D eigenvalue weighted by atomic mass is 35.5. The van der Waals surface area contributed by atoms with Crippen LogP contribution < -0.4 is 4.72 Å². The van der Waals surface area contributed by atoms with E-state index in [1.54, 1.807) is 43.3 Å². The first-order chi connectivity index (χ1) is 15.8. The van der Waals surface area contributed by atoms with E-state index in [2.05, 4.69) is 4.72 Å². The van der Waals surface area contributed by atoms with E-state index < -0.39 is 16.1 Å². The molecule has 33 heavy (non-hydrogen) atoms. The van der Waals surface area contributed by atoms with E-state index in [-0.39, 0.29) is 10.9 Å². The Labute approximate surface area is 204 Å². The van der Waals surface area contributed by atoms with Gasteiger partial charge in [0.2, 0.25) is 10.0 Å². The first-order valence-corrected chi connectivity index (χ1v) is 12.8. The van der Waals surface area contributed by atoms with E-state index in [1.807, 2.05) is 24.3 Å². The largest absolute Gasteiger partial charge is 0.466 e. The minimum absolute atomic E-state index is 0.126. The number of ether oxygens (including phenoxy) is 1. The number of rotatable bonds is 10. The predicted octanol–water partition coefficient (Wildman–Crippen LogP) is 5.95. The Morgan fingerprint density at radius 3 is 1.94 bits per heavy atom. The molecule has 0 fully saturated rings. The number of hydrogen-bond acceptors (Lipinski definition) is 4. The van der Waals surface area contributed by atoms with Crippen LogP contribution in [0.3, 0.4) is 0 Å². The summed E-state index contributed by atoms with van der Waals surface area (Å²) >= 11 is 11.9. The average Bonchev–Trinajstić information content (AvgIpc) is 2.79. The number of halogens is 2. The molecule has 0 heterocycles. The molecule has 1 atom stereocenters. The molecule has 0 spiro atoms. The molecule has 3 rings (SSSR count). The molecule has 3 aromatic carbocycles. The number of hydrogen-bond donors (Lipinski definition) is 1. The van der Waals surface area contributed by atoms with E-state index in [4.69, 9.17) is 27.9 Å². The molecular formula is C25H25Cl2NO4S. The fraction of sp³-hybridized carbons (Fsp3) is 0.240. The van der Waals surface area contributed by atoms with Crippen LogP contribution in [-0.4, -0.2) is 21.0 Å². The normalized spacial score (nSPS) is 12.3. The van der Waals surface area contributed by atoms with Crippen LogP contribution in [0.1, 0.15) is 42.5 Å². The summed E-state index contributed by atoms with van der Waals surface area (Å²) in [5.74, 6) is -0.200. The monoisotopic (exact) mass is 505 g/mol. The number of benzene rings is 3. The van der Waals surface area contributed by atoms with Crippen LogP contribution in [-0.2, 0) is 26.0 Å². The van der Waals surface area contributed by atoms with Crippen LogP contribution in [0.4, 0.5) is 0 Å². The molecule has 0 aliphatic carbocycles. The fourth-order valence-electron chi connectivity index (χ4n) is 3.37. The topological polar surface area (TPSA) is 72.5 Å². The van der Waals surface area contributed by atoms with Crippen molar-refractivity contribution in [3.8, 4) is 0 Å². The van der Waals surface area contributed by atoms with Gasteiger partial charge in [-0.3, -0.25) is 4.79 Å². The maximum atomic E-state index is 13.1. The summed E-state index contributed by atoms with van der Waals surface area (Å²) in [6.45, 7) is 2.17. The summed E-state index contributed by atoms with van der Waals surface area (Å²) < 4.78 is 33.9. The highest BCUT2D eigenvalue weighted by Crippen LogP contribution is 2.27. The van der Waals surface area contributed by atoms with Crippen molar-refractivity contribution in [3.63, 3.8) is 0 Å². The zero-order chi connectivity index (χ0) is 23.8. The van der Waals surface area contributed by atoms with Crippen molar-refractivity contribution in [3.05, 3.63) is 99.5 Å². The second-order valence-electron chi connectivity index (χ2n) is 7.46. The van der Waals surface area contributed by atoms with Crippen molar-refractivity contribution in [1.29, 1.82) is 0 Å². The molecule has 0 amide bonds. The van der Waals surface area contributed by atoms with Gasteiger partial charge in [0.1, 0.15) is 0 Å². The van der Waals surface area contributed by atoms with Crippen molar-refractivity contribution < 1.29 is 17.9 Å². The third kappa shape index (κ3) is 7.30. The molecule has 0 saturated carbocycles. The molecule has 3 aromatic rings. The van der Waals surface area contributed by atoms with Crippen molar-refractivity contribution in [2.24, 2.45) is 0 Å². The number of sulfonamides is 1. The second-order valence-corrected chi connectivity index (χ2v) is 10.0. The van der Waals surface area contributed by atoms with Gasteiger partial charge in [-0.1, -0.05) is 59.6 Å². The number of carbonyl (C=O) groups excluding carboxylic acids is 1. The molecule has 0 radical (unpaired) electrons. The molecule has 1 unspecified atom stereocenters. The van der Waals surface area contributed by atoms with Crippen LogP contribution >= 0.6 is 23.2 Å². The third-order valence-electron chi connectivity index (χ3n) is 5.07. The molecule has 1 N–H and O–H groups in total. The molecule has 174 valence electrons. The van der Waals surface area contributed by atoms with Crippen LogP contribution in [0.5, 0.6) is 0 Å². The predicted molar refractivity (Wildman–Crippen MR) is 131 cm³/mol. The molecule has 0 aromatic heterocycles. The molecule has 8 heteroatoms. The van der Waals surface area contributed by atoms with Gasteiger partial charge in [-0.05, 0) is 72.9 Å². The quantitative estimate of drug-likeness (QED) is 0.345. The lowest BCUT2D eigenvalue weighted by molar-refractivity contribution is -0.143. The summed E-state index contributed by atoms with van der Waals surface area (Å²) in [6.07, 6.45) is 1.77. The second kappa shape index (κ2) is 11.7. The molecule has 0 aliphatic rings. The maximum absolute atomic E-state index is 13.1. The van der Waals surface area contributed by atoms with Gasteiger partial charge in [-0.25, -0.2) is 8.42 Å². The van der Waals surface area contributed by atoms with Gasteiger partial charge in [0.05, 0.1) is 17.5 Å². The Morgan fingerprint density at radius 1 is 0.879 bits per heavy atom. The average molecular weight is 506 g/mol. The summed E-state index contributed by atoms with van der Waals surface area (Å²) in [7, 11) is -3.82. The minimum Gasteiger partial charge on any atom is -0.466 e. The highest BCUT2D eigenvalue weighted by molar-refractivity contribution is 7.89. The van der Waals surface area contributed by atoms with Gasteiger partial charge in [0, 0.05) is 16.5 Å². The SMILES string of the molecule is CCOC(=O)CCCc1ccc(C(NS(=O)(=O)c2ccc(Cl)cc2)c2ccc(Cl)cc2)cc1.